The second-order valence-electron chi connectivity index (χ2n) is 7.76. The third-order valence-corrected chi connectivity index (χ3v) is 5.89. The summed E-state index contributed by atoms with van der Waals surface area (Å²) in [5.41, 5.74) is 1.88. The van der Waals surface area contributed by atoms with Gasteiger partial charge in [0.15, 0.2) is 5.58 Å². The van der Waals surface area contributed by atoms with E-state index in [9.17, 15) is 4.79 Å². The van der Waals surface area contributed by atoms with Gasteiger partial charge in [-0.15, -0.1) is 0 Å². The van der Waals surface area contributed by atoms with E-state index in [4.69, 9.17) is 4.52 Å². The van der Waals surface area contributed by atoms with Crippen LogP contribution in [0.1, 0.15) is 58.6 Å². The van der Waals surface area contributed by atoms with Crippen molar-refractivity contribution in [1.29, 1.82) is 0 Å². The van der Waals surface area contributed by atoms with Gasteiger partial charge in [0, 0.05) is 11.4 Å². The number of hydrogen-bond donors (Lipinski definition) is 1. The molecule has 0 spiro atoms. The Balaban J connectivity index is 1.53. The van der Waals surface area contributed by atoms with Gasteiger partial charge < -0.3 is 9.84 Å². The normalized spacial score (nSPS) is 21.8. The molecule has 130 valence electrons. The molecular weight excluding hydrogens is 300 g/mol. The summed E-state index contributed by atoms with van der Waals surface area (Å²) in [4.78, 5) is 12.4. The second-order valence-corrected chi connectivity index (χ2v) is 7.76. The third-order valence-electron chi connectivity index (χ3n) is 5.89. The lowest BCUT2D eigenvalue weighted by molar-refractivity contribution is -0.121. The van der Waals surface area contributed by atoms with E-state index in [2.05, 4.69) is 31.2 Å². The number of para-hydroxylation sites is 1. The number of nitrogens with zero attached hydrogens (tertiary/aromatic N) is 1. The van der Waals surface area contributed by atoms with Gasteiger partial charge >= 0.3 is 0 Å². The second kappa shape index (κ2) is 6.96. The van der Waals surface area contributed by atoms with Gasteiger partial charge in [0.2, 0.25) is 5.91 Å². The van der Waals surface area contributed by atoms with Crippen molar-refractivity contribution in [3.05, 3.63) is 30.0 Å². The molecule has 4 nitrogen and oxygen atoms in total. The lowest BCUT2D eigenvalue weighted by Crippen LogP contribution is -2.40. The highest BCUT2D eigenvalue weighted by atomic mass is 16.5. The summed E-state index contributed by atoms with van der Waals surface area (Å²) >= 11 is 0. The minimum Gasteiger partial charge on any atom is -0.356 e. The summed E-state index contributed by atoms with van der Waals surface area (Å²) in [6, 6.07) is 7.98. The van der Waals surface area contributed by atoms with Crippen LogP contribution in [0.3, 0.4) is 0 Å². The molecule has 1 heterocycles. The fraction of sp³-hybridized carbons (Fsp3) is 0.600. The number of hydrogen-bond acceptors (Lipinski definition) is 3. The Morgan fingerprint density at radius 1 is 1.25 bits per heavy atom. The predicted molar refractivity (Wildman–Crippen MR) is 95.7 cm³/mol. The summed E-state index contributed by atoms with van der Waals surface area (Å²) in [7, 11) is 0. The highest BCUT2D eigenvalue weighted by Crippen LogP contribution is 2.40. The number of aromatic nitrogens is 1. The van der Waals surface area contributed by atoms with E-state index in [-0.39, 0.29) is 12.3 Å². The first-order valence-corrected chi connectivity index (χ1v) is 9.12. The van der Waals surface area contributed by atoms with Gasteiger partial charge in [0.1, 0.15) is 5.69 Å². The van der Waals surface area contributed by atoms with Crippen LogP contribution in [0.2, 0.25) is 0 Å². The zero-order valence-corrected chi connectivity index (χ0v) is 15.0. The highest BCUT2D eigenvalue weighted by molar-refractivity contribution is 5.86. The molecule has 0 saturated heterocycles. The van der Waals surface area contributed by atoms with E-state index in [0.29, 0.717) is 11.5 Å². The molecule has 1 aliphatic carbocycles. The molecule has 2 aromatic rings. The first kappa shape index (κ1) is 17.0. The molecule has 1 aliphatic rings. The van der Waals surface area contributed by atoms with Gasteiger partial charge in [0.25, 0.3) is 0 Å². The Labute approximate surface area is 144 Å². The van der Waals surface area contributed by atoms with E-state index >= 15 is 0 Å². The van der Waals surface area contributed by atoms with Crippen molar-refractivity contribution >= 4 is 16.9 Å². The van der Waals surface area contributed by atoms with Crippen LogP contribution in [0.4, 0.5) is 0 Å². The largest absolute Gasteiger partial charge is 0.356 e. The van der Waals surface area contributed by atoms with E-state index in [0.717, 1.165) is 35.4 Å². The Morgan fingerprint density at radius 2 is 1.96 bits per heavy atom. The Kier molecular flexibility index (Phi) is 4.93. The first-order chi connectivity index (χ1) is 11.5. The smallest absolute Gasteiger partial charge is 0.226 e. The van der Waals surface area contributed by atoms with Crippen LogP contribution >= 0.6 is 0 Å². The number of nitrogens with one attached hydrogen (secondary N) is 1. The number of carbonyl (C=O) groups is 1. The van der Waals surface area contributed by atoms with Crippen LogP contribution in [0.25, 0.3) is 11.0 Å². The molecule has 24 heavy (non-hydrogen) atoms. The van der Waals surface area contributed by atoms with Crippen LogP contribution in [0.5, 0.6) is 0 Å². The lowest BCUT2D eigenvalue weighted by Gasteiger charge is -2.39. The fourth-order valence-electron chi connectivity index (χ4n) is 3.80. The van der Waals surface area contributed by atoms with Gasteiger partial charge in [0.05, 0.1) is 6.42 Å². The Morgan fingerprint density at radius 3 is 2.67 bits per heavy atom. The summed E-state index contributed by atoms with van der Waals surface area (Å²) in [6.07, 6.45) is 6.08. The molecule has 1 aromatic carbocycles. The van der Waals surface area contributed by atoms with Crippen LogP contribution in [0.15, 0.2) is 28.8 Å². The molecule has 3 rings (SSSR count). The van der Waals surface area contributed by atoms with E-state index in [1.54, 1.807) is 0 Å². The van der Waals surface area contributed by atoms with Gasteiger partial charge in [-0.1, -0.05) is 44.5 Å². The van der Waals surface area contributed by atoms with E-state index in [1.165, 1.54) is 19.3 Å². The SMILES string of the molecule is CCC(C)(C)C1CCC(NC(=O)Cc2noc3ccccc23)CC1. The topological polar surface area (TPSA) is 55.1 Å². The summed E-state index contributed by atoms with van der Waals surface area (Å²) in [6.45, 7) is 7.01. The highest BCUT2D eigenvalue weighted by Gasteiger charge is 2.32. The van der Waals surface area contributed by atoms with Crippen molar-refractivity contribution < 1.29 is 9.32 Å². The van der Waals surface area contributed by atoms with Crippen LogP contribution in [-0.4, -0.2) is 17.1 Å². The van der Waals surface area contributed by atoms with Gasteiger partial charge in [-0.05, 0) is 49.1 Å². The van der Waals surface area contributed by atoms with Gasteiger partial charge in [-0.2, -0.15) is 0 Å². The van der Waals surface area contributed by atoms with Crippen LogP contribution in [-0.2, 0) is 11.2 Å². The minimum atomic E-state index is 0.0484. The summed E-state index contributed by atoms with van der Waals surface area (Å²) < 4.78 is 5.27. The zero-order valence-electron chi connectivity index (χ0n) is 15.0. The van der Waals surface area contributed by atoms with Crippen molar-refractivity contribution in [2.24, 2.45) is 11.3 Å². The molecule has 4 heteroatoms. The molecule has 0 aliphatic heterocycles. The first-order valence-electron chi connectivity index (χ1n) is 9.12. The van der Waals surface area contributed by atoms with Gasteiger partial charge in [-0.25, -0.2) is 0 Å². The third kappa shape index (κ3) is 3.63. The molecule has 0 radical (unpaired) electrons. The van der Waals surface area contributed by atoms with Crippen molar-refractivity contribution in [2.75, 3.05) is 0 Å². The zero-order chi connectivity index (χ0) is 17.2. The van der Waals surface area contributed by atoms with E-state index < -0.39 is 0 Å². The quantitative estimate of drug-likeness (QED) is 0.880. The molecule has 0 unspecified atom stereocenters. The Hall–Kier alpha value is -1.84. The monoisotopic (exact) mass is 328 g/mol. The van der Waals surface area contributed by atoms with Gasteiger partial charge in [-0.3, -0.25) is 4.79 Å². The number of carbonyl (C=O) groups excluding carboxylic acids is 1. The number of rotatable bonds is 5. The van der Waals surface area contributed by atoms with Crippen molar-refractivity contribution in [1.82, 2.24) is 10.5 Å². The van der Waals surface area contributed by atoms with Crippen molar-refractivity contribution in [2.45, 2.75) is 65.3 Å². The molecule has 1 N–H and O–H groups in total. The Bertz CT molecular complexity index is 696. The van der Waals surface area contributed by atoms with Crippen molar-refractivity contribution in [3.63, 3.8) is 0 Å². The average molecular weight is 328 g/mol. The maximum absolute atomic E-state index is 12.4. The maximum Gasteiger partial charge on any atom is 0.226 e. The number of fused-ring (bicyclic) bond motifs is 1. The maximum atomic E-state index is 12.4. The molecule has 0 bridgehead atoms. The van der Waals surface area contributed by atoms with E-state index in [1.807, 2.05) is 24.3 Å². The molecular formula is C20H28N2O2. The summed E-state index contributed by atoms with van der Waals surface area (Å²) in [5, 5.41) is 8.17. The van der Waals surface area contributed by atoms with Crippen molar-refractivity contribution in [3.8, 4) is 0 Å². The molecule has 1 amide bonds. The lowest BCUT2D eigenvalue weighted by atomic mass is 9.69. The van der Waals surface area contributed by atoms with Crippen LogP contribution < -0.4 is 5.32 Å². The summed E-state index contributed by atoms with van der Waals surface area (Å²) in [5.74, 6) is 0.822. The molecule has 1 fully saturated rings. The molecule has 1 aromatic heterocycles. The fourth-order valence-corrected chi connectivity index (χ4v) is 3.80. The molecule has 0 atom stereocenters. The van der Waals surface area contributed by atoms with Crippen LogP contribution in [0, 0.1) is 11.3 Å². The number of amides is 1. The standard InChI is InChI=1S/C20H28N2O2/c1-4-20(2,3)14-9-11-15(12-10-14)21-19(23)13-17-16-7-5-6-8-18(16)24-22-17/h5-8,14-15H,4,9-13H2,1-3H3,(H,21,23). The molecule has 1 saturated carbocycles. The average Bonchev–Trinajstić information content (AvgIpc) is 2.98. The minimum absolute atomic E-state index is 0.0484. The predicted octanol–water partition coefficient (Wildman–Crippen LogP) is 4.48. The number of benzene rings is 1.